The number of halogens is 1. The fraction of sp³-hybridized carbons (Fsp3) is 0.250. The highest BCUT2D eigenvalue weighted by molar-refractivity contribution is 7.12. The van der Waals surface area contributed by atoms with Crippen LogP contribution >= 0.6 is 11.3 Å². The number of ether oxygens (including phenoxy) is 1. The van der Waals surface area contributed by atoms with Crippen molar-refractivity contribution >= 4 is 29.0 Å². The second kappa shape index (κ2) is 7.78. The first kappa shape index (κ1) is 17.7. The molecule has 0 saturated heterocycles. The van der Waals surface area contributed by atoms with Gasteiger partial charge in [-0.15, -0.1) is 11.3 Å². The highest BCUT2D eigenvalue weighted by Gasteiger charge is 2.25. The summed E-state index contributed by atoms with van der Waals surface area (Å²) in [5.41, 5.74) is 1.59. The maximum atomic E-state index is 13.0. The van der Waals surface area contributed by atoms with Gasteiger partial charge in [0, 0.05) is 12.6 Å². The Balaban J connectivity index is 2.20. The molecule has 0 fully saturated rings. The Morgan fingerprint density at radius 1 is 1.25 bits per heavy atom. The average Bonchev–Trinajstić information content (AvgIpc) is 3.03. The molecule has 8 heteroatoms. The number of rotatable bonds is 6. The van der Waals surface area contributed by atoms with E-state index in [-0.39, 0.29) is 29.3 Å². The smallest absolute Gasteiger partial charge is 0.325 e. The second-order valence-electron chi connectivity index (χ2n) is 4.83. The van der Waals surface area contributed by atoms with Crippen molar-refractivity contribution in [2.75, 3.05) is 20.2 Å². The van der Waals surface area contributed by atoms with Crippen LogP contribution in [0.2, 0.25) is 0 Å². The van der Waals surface area contributed by atoms with E-state index in [1.807, 2.05) is 0 Å². The number of aromatic nitrogens is 1. The van der Waals surface area contributed by atoms with Crippen LogP contribution in [0.25, 0.3) is 0 Å². The van der Waals surface area contributed by atoms with Gasteiger partial charge in [0.05, 0.1) is 12.1 Å². The van der Waals surface area contributed by atoms with Gasteiger partial charge in [-0.25, -0.2) is 9.37 Å². The lowest BCUT2D eigenvalue weighted by atomic mass is 10.1. The van der Waals surface area contributed by atoms with Gasteiger partial charge < -0.3 is 9.64 Å². The van der Waals surface area contributed by atoms with E-state index in [9.17, 15) is 18.8 Å². The predicted molar refractivity (Wildman–Crippen MR) is 85.5 cm³/mol. The minimum Gasteiger partial charge on any atom is -0.465 e. The molecular weight excluding hydrogens is 335 g/mol. The molecule has 0 spiro atoms. The van der Waals surface area contributed by atoms with Crippen molar-refractivity contribution in [1.82, 2.24) is 9.88 Å². The lowest BCUT2D eigenvalue weighted by Gasteiger charge is -2.15. The van der Waals surface area contributed by atoms with Crippen LogP contribution in [-0.2, 0) is 9.53 Å². The molecule has 0 aliphatic carbocycles. The normalized spacial score (nSPS) is 10.3. The molecule has 0 N–H and O–H groups in total. The Kier molecular flexibility index (Phi) is 5.75. The summed E-state index contributed by atoms with van der Waals surface area (Å²) in [6, 6.07) is 5.02. The van der Waals surface area contributed by atoms with Crippen molar-refractivity contribution in [3.05, 3.63) is 51.7 Å². The zero-order valence-corrected chi connectivity index (χ0v) is 13.9. The summed E-state index contributed by atoms with van der Waals surface area (Å²) in [5.74, 6) is -1.99. The van der Waals surface area contributed by atoms with Gasteiger partial charge in [0.25, 0.3) is 5.91 Å². The third-order valence-corrected chi connectivity index (χ3v) is 3.93. The Bertz CT molecular complexity index is 758. The number of carbonyl (C=O) groups excluding carboxylic acids is 3. The maximum Gasteiger partial charge on any atom is 0.325 e. The molecule has 126 valence electrons. The monoisotopic (exact) mass is 350 g/mol. The highest BCUT2D eigenvalue weighted by atomic mass is 32.1. The van der Waals surface area contributed by atoms with E-state index in [1.165, 1.54) is 36.8 Å². The van der Waals surface area contributed by atoms with Crippen LogP contribution in [0.3, 0.4) is 0 Å². The maximum absolute atomic E-state index is 13.0. The molecule has 0 radical (unpaired) electrons. The highest BCUT2D eigenvalue weighted by Crippen LogP contribution is 2.20. The number of hydrogen-bond acceptors (Lipinski definition) is 6. The van der Waals surface area contributed by atoms with Crippen LogP contribution in [0, 0.1) is 5.82 Å². The Labute approximate surface area is 141 Å². The summed E-state index contributed by atoms with van der Waals surface area (Å²) in [4.78, 5) is 41.6. The zero-order chi connectivity index (χ0) is 17.7. The quantitative estimate of drug-likeness (QED) is 0.589. The van der Waals surface area contributed by atoms with Gasteiger partial charge in [-0.3, -0.25) is 14.4 Å². The molecule has 0 saturated carbocycles. The molecule has 0 bridgehead atoms. The van der Waals surface area contributed by atoms with E-state index >= 15 is 0 Å². The van der Waals surface area contributed by atoms with Gasteiger partial charge >= 0.3 is 5.97 Å². The Hall–Kier alpha value is -2.61. The van der Waals surface area contributed by atoms with E-state index in [1.54, 1.807) is 6.92 Å². The third-order valence-electron chi connectivity index (χ3n) is 3.10. The van der Waals surface area contributed by atoms with Crippen molar-refractivity contribution in [2.45, 2.75) is 6.92 Å². The number of hydrogen-bond donors (Lipinski definition) is 0. The minimum atomic E-state index is -0.560. The number of likely N-dealkylation sites (N-methyl/N-ethyl adjacent to an activating group) is 1. The van der Waals surface area contributed by atoms with Crippen LogP contribution in [0.5, 0.6) is 0 Å². The molecule has 6 nitrogen and oxygen atoms in total. The standard InChI is InChI=1S/C16H15FN2O4S/c1-3-23-12(20)8-19(2)16(22)13-15(24-9-18-13)14(21)10-4-6-11(17)7-5-10/h4-7,9H,3,8H2,1-2H3. The fourth-order valence-electron chi connectivity index (χ4n) is 1.94. The Morgan fingerprint density at radius 2 is 1.92 bits per heavy atom. The van der Waals surface area contributed by atoms with Gasteiger partial charge in [0.15, 0.2) is 5.69 Å². The van der Waals surface area contributed by atoms with Crippen molar-refractivity contribution < 1.29 is 23.5 Å². The number of amides is 1. The first-order valence-corrected chi connectivity index (χ1v) is 7.96. The summed E-state index contributed by atoms with van der Waals surface area (Å²) < 4.78 is 17.7. The SMILES string of the molecule is CCOC(=O)CN(C)C(=O)c1ncsc1C(=O)c1ccc(F)cc1. The number of esters is 1. The van der Waals surface area contributed by atoms with Gasteiger partial charge in [0.2, 0.25) is 5.78 Å². The van der Waals surface area contributed by atoms with E-state index in [0.717, 1.165) is 16.2 Å². The largest absolute Gasteiger partial charge is 0.465 e. The molecule has 1 heterocycles. The van der Waals surface area contributed by atoms with E-state index in [4.69, 9.17) is 4.74 Å². The van der Waals surface area contributed by atoms with Crippen LogP contribution in [0.1, 0.15) is 32.6 Å². The summed E-state index contributed by atoms with van der Waals surface area (Å²) in [6.07, 6.45) is 0. The molecule has 1 amide bonds. The van der Waals surface area contributed by atoms with E-state index in [0.29, 0.717) is 0 Å². The van der Waals surface area contributed by atoms with Gasteiger partial charge in [0.1, 0.15) is 17.2 Å². The predicted octanol–water partition coefficient (Wildman–Crippen LogP) is 2.15. The first-order chi connectivity index (χ1) is 11.4. The molecule has 0 aliphatic heterocycles. The van der Waals surface area contributed by atoms with E-state index < -0.39 is 23.5 Å². The molecule has 24 heavy (non-hydrogen) atoms. The fourth-order valence-corrected chi connectivity index (χ4v) is 2.68. The van der Waals surface area contributed by atoms with Crippen molar-refractivity contribution in [3.8, 4) is 0 Å². The van der Waals surface area contributed by atoms with Gasteiger partial charge in [-0.1, -0.05) is 0 Å². The minimum absolute atomic E-state index is 0.0406. The lowest BCUT2D eigenvalue weighted by molar-refractivity contribution is -0.143. The molecule has 0 aliphatic rings. The summed E-state index contributed by atoms with van der Waals surface area (Å²) in [7, 11) is 1.42. The lowest BCUT2D eigenvalue weighted by Crippen LogP contribution is -2.34. The molecule has 2 aromatic rings. The van der Waals surface area contributed by atoms with E-state index in [2.05, 4.69) is 4.98 Å². The Morgan fingerprint density at radius 3 is 2.54 bits per heavy atom. The molecule has 2 rings (SSSR count). The number of ketones is 1. The first-order valence-electron chi connectivity index (χ1n) is 7.08. The second-order valence-corrected chi connectivity index (χ2v) is 5.69. The van der Waals surface area contributed by atoms with Crippen LogP contribution in [0.4, 0.5) is 4.39 Å². The van der Waals surface area contributed by atoms with Crippen LogP contribution < -0.4 is 0 Å². The zero-order valence-electron chi connectivity index (χ0n) is 13.1. The molecule has 1 aromatic carbocycles. The molecule has 0 unspecified atom stereocenters. The number of thiazole rings is 1. The summed E-state index contributed by atoms with van der Waals surface area (Å²) in [6.45, 7) is 1.64. The van der Waals surface area contributed by atoms with Gasteiger partial charge in [-0.05, 0) is 31.2 Å². The van der Waals surface area contributed by atoms with Crippen molar-refractivity contribution in [2.24, 2.45) is 0 Å². The number of nitrogens with zero attached hydrogens (tertiary/aromatic N) is 2. The molecule has 0 atom stereocenters. The number of carbonyl (C=O) groups is 3. The van der Waals surface area contributed by atoms with Crippen LogP contribution in [-0.4, -0.2) is 47.7 Å². The molecule has 1 aromatic heterocycles. The van der Waals surface area contributed by atoms with Gasteiger partial charge in [-0.2, -0.15) is 0 Å². The van der Waals surface area contributed by atoms with Crippen LogP contribution in [0.15, 0.2) is 29.8 Å². The molecular formula is C16H15FN2O4S. The third kappa shape index (κ3) is 4.02. The summed E-state index contributed by atoms with van der Waals surface area (Å²) >= 11 is 1.01. The topological polar surface area (TPSA) is 76.6 Å². The van der Waals surface area contributed by atoms with Crippen molar-refractivity contribution in [3.63, 3.8) is 0 Å². The number of benzene rings is 1. The average molecular weight is 350 g/mol. The van der Waals surface area contributed by atoms with Crippen molar-refractivity contribution in [1.29, 1.82) is 0 Å². The summed E-state index contributed by atoms with van der Waals surface area (Å²) in [5, 5.41) is 0.